The standard InChI is InChI=1S/C18H17N7O3S/c26-25(27)16-11-13(4-5-15(16)23-7-9-28-10-8-23)12-20-24-17(21-22-18(24)29)14-3-1-2-6-19-14/h1-6,11-12H,7-10H2,(H,22,29)/b20-12-. The number of aromatic nitrogens is 4. The Kier molecular flexibility index (Phi) is 5.40. The van der Waals surface area contributed by atoms with Gasteiger partial charge in [-0.25, -0.2) is 5.10 Å². The lowest BCUT2D eigenvalue weighted by atomic mass is 10.1. The van der Waals surface area contributed by atoms with E-state index in [-0.39, 0.29) is 10.6 Å². The highest BCUT2D eigenvalue weighted by molar-refractivity contribution is 7.71. The highest BCUT2D eigenvalue weighted by Crippen LogP contribution is 2.29. The first-order chi connectivity index (χ1) is 14.1. The molecular weight excluding hydrogens is 394 g/mol. The molecule has 2 aromatic heterocycles. The number of ether oxygens (including phenoxy) is 1. The molecule has 1 aromatic carbocycles. The number of H-pyrrole nitrogens is 1. The molecule has 1 N–H and O–H groups in total. The Morgan fingerprint density at radius 1 is 1.28 bits per heavy atom. The van der Waals surface area contributed by atoms with Crippen LogP contribution in [0.1, 0.15) is 5.56 Å². The van der Waals surface area contributed by atoms with Crippen LogP contribution in [-0.2, 0) is 4.74 Å². The summed E-state index contributed by atoms with van der Waals surface area (Å²) in [5, 5.41) is 22.8. The number of nitrogens with one attached hydrogen (secondary N) is 1. The fourth-order valence-electron chi connectivity index (χ4n) is 3.02. The van der Waals surface area contributed by atoms with Crippen LogP contribution >= 0.6 is 12.2 Å². The molecule has 0 aliphatic carbocycles. The van der Waals surface area contributed by atoms with Crippen LogP contribution in [-0.4, -0.2) is 57.3 Å². The number of pyridine rings is 1. The normalized spacial score (nSPS) is 14.4. The van der Waals surface area contributed by atoms with Crippen molar-refractivity contribution in [3.8, 4) is 11.5 Å². The minimum absolute atomic E-state index is 0.0246. The maximum absolute atomic E-state index is 11.6. The summed E-state index contributed by atoms with van der Waals surface area (Å²) in [7, 11) is 0. The number of hydrogen-bond donors (Lipinski definition) is 1. The molecule has 3 aromatic rings. The summed E-state index contributed by atoms with van der Waals surface area (Å²) in [4.78, 5) is 17.4. The van der Waals surface area contributed by atoms with Crippen molar-refractivity contribution in [2.45, 2.75) is 0 Å². The van der Waals surface area contributed by atoms with Crippen LogP contribution in [0.4, 0.5) is 11.4 Å². The van der Waals surface area contributed by atoms with E-state index in [1.807, 2.05) is 11.0 Å². The van der Waals surface area contributed by atoms with Gasteiger partial charge in [0.05, 0.1) is 24.4 Å². The Hall–Kier alpha value is -3.44. The zero-order chi connectivity index (χ0) is 20.2. The monoisotopic (exact) mass is 411 g/mol. The fraction of sp³-hybridized carbons (Fsp3) is 0.222. The first kappa shape index (κ1) is 18.9. The third kappa shape index (κ3) is 4.05. The van der Waals surface area contributed by atoms with Crippen LogP contribution in [0.5, 0.6) is 0 Å². The molecule has 1 aliphatic heterocycles. The van der Waals surface area contributed by atoms with E-state index in [0.717, 1.165) is 0 Å². The molecule has 0 unspecified atom stereocenters. The van der Waals surface area contributed by atoms with Gasteiger partial charge in [-0.3, -0.25) is 15.1 Å². The zero-order valence-corrected chi connectivity index (χ0v) is 16.1. The summed E-state index contributed by atoms with van der Waals surface area (Å²) in [5.74, 6) is 0.450. The summed E-state index contributed by atoms with van der Waals surface area (Å²) in [6.45, 7) is 2.34. The largest absolute Gasteiger partial charge is 0.378 e. The van der Waals surface area contributed by atoms with Crippen LogP contribution in [0.2, 0.25) is 0 Å². The molecule has 10 nitrogen and oxygen atoms in total. The summed E-state index contributed by atoms with van der Waals surface area (Å²) in [5.41, 5.74) is 1.77. The molecule has 3 heterocycles. The lowest BCUT2D eigenvalue weighted by molar-refractivity contribution is -0.384. The van der Waals surface area contributed by atoms with Crippen LogP contribution in [0, 0.1) is 14.9 Å². The second kappa shape index (κ2) is 8.29. The highest BCUT2D eigenvalue weighted by Gasteiger charge is 2.21. The Balaban J connectivity index is 1.66. The molecule has 0 spiro atoms. The van der Waals surface area contributed by atoms with Gasteiger partial charge in [-0.2, -0.15) is 14.9 Å². The van der Waals surface area contributed by atoms with Crippen molar-refractivity contribution in [2.75, 3.05) is 31.2 Å². The summed E-state index contributed by atoms with van der Waals surface area (Å²) in [6.07, 6.45) is 3.16. The predicted molar refractivity (Wildman–Crippen MR) is 110 cm³/mol. The average Bonchev–Trinajstić information content (AvgIpc) is 3.13. The minimum Gasteiger partial charge on any atom is -0.378 e. The molecule has 0 radical (unpaired) electrons. The molecule has 0 bridgehead atoms. The van der Waals surface area contributed by atoms with Gasteiger partial charge in [0.15, 0.2) is 0 Å². The van der Waals surface area contributed by atoms with Crippen molar-refractivity contribution in [1.82, 2.24) is 19.9 Å². The molecule has 4 rings (SSSR count). The van der Waals surface area contributed by atoms with Crippen molar-refractivity contribution in [1.29, 1.82) is 0 Å². The van der Waals surface area contributed by atoms with Crippen molar-refractivity contribution >= 4 is 29.8 Å². The number of nitro groups is 1. The molecule has 1 saturated heterocycles. The molecule has 29 heavy (non-hydrogen) atoms. The lowest BCUT2D eigenvalue weighted by Gasteiger charge is -2.28. The van der Waals surface area contributed by atoms with Crippen LogP contribution in [0.25, 0.3) is 11.5 Å². The van der Waals surface area contributed by atoms with E-state index in [0.29, 0.717) is 53.8 Å². The van der Waals surface area contributed by atoms with E-state index in [1.54, 1.807) is 30.5 Å². The van der Waals surface area contributed by atoms with E-state index < -0.39 is 0 Å². The van der Waals surface area contributed by atoms with Gasteiger partial charge in [0.1, 0.15) is 11.4 Å². The second-order valence-electron chi connectivity index (χ2n) is 6.23. The minimum atomic E-state index is -0.384. The summed E-state index contributed by atoms with van der Waals surface area (Å²) < 4.78 is 7.05. The first-order valence-corrected chi connectivity index (χ1v) is 9.28. The number of benzene rings is 1. The van der Waals surface area contributed by atoms with Gasteiger partial charge >= 0.3 is 0 Å². The maximum atomic E-state index is 11.6. The Labute approximate surface area is 170 Å². The van der Waals surface area contributed by atoms with E-state index in [9.17, 15) is 10.1 Å². The van der Waals surface area contributed by atoms with E-state index >= 15 is 0 Å². The summed E-state index contributed by atoms with van der Waals surface area (Å²) >= 11 is 5.24. The second-order valence-corrected chi connectivity index (χ2v) is 6.62. The SMILES string of the molecule is O=[N+]([O-])c1cc(/C=N\n2c(-c3ccccn3)n[nH]c2=S)ccc1N1CCOCC1. The number of morpholine rings is 1. The van der Waals surface area contributed by atoms with Gasteiger partial charge in [0, 0.05) is 30.9 Å². The average molecular weight is 411 g/mol. The van der Waals surface area contributed by atoms with Crippen LogP contribution in [0.3, 0.4) is 0 Å². The predicted octanol–water partition coefficient (Wildman–Crippen LogP) is 2.63. The molecular formula is C18H17N7O3S. The number of aromatic amines is 1. The number of rotatable bonds is 5. The van der Waals surface area contributed by atoms with Gasteiger partial charge in [0.2, 0.25) is 10.6 Å². The van der Waals surface area contributed by atoms with E-state index in [2.05, 4.69) is 20.3 Å². The third-order valence-corrected chi connectivity index (χ3v) is 4.68. The molecule has 1 fully saturated rings. The molecule has 0 saturated carbocycles. The van der Waals surface area contributed by atoms with Crippen LogP contribution < -0.4 is 4.90 Å². The first-order valence-electron chi connectivity index (χ1n) is 8.88. The number of hydrogen-bond acceptors (Lipinski definition) is 8. The van der Waals surface area contributed by atoms with E-state index in [4.69, 9.17) is 17.0 Å². The van der Waals surface area contributed by atoms with Crippen molar-refractivity contribution in [3.63, 3.8) is 0 Å². The number of anilines is 1. The van der Waals surface area contributed by atoms with Gasteiger partial charge in [-0.1, -0.05) is 12.1 Å². The molecule has 0 amide bonds. The zero-order valence-electron chi connectivity index (χ0n) is 15.3. The molecule has 0 atom stereocenters. The smallest absolute Gasteiger partial charge is 0.293 e. The topological polar surface area (TPSA) is 114 Å². The van der Waals surface area contributed by atoms with Gasteiger partial charge in [-0.05, 0) is 30.4 Å². The third-order valence-electron chi connectivity index (χ3n) is 4.41. The van der Waals surface area contributed by atoms with Crippen molar-refractivity contribution < 1.29 is 9.66 Å². The maximum Gasteiger partial charge on any atom is 0.293 e. The highest BCUT2D eigenvalue weighted by atomic mass is 32.1. The fourth-order valence-corrected chi connectivity index (χ4v) is 3.20. The Morgan fingerprint density at radius 3 is 2.83 bits per heavy atom. The Morgan fingerprint density at radius 2 is 2.10 bits per heavy atom. The van der Waals surface area contributed by atoms with Gasteiger partial charge in [-0.15, -0.1) is 0 Å². The quantitative estimate of drug-likeness (QED) is 0.297. The van der Waals surface area contributed by atoms with Crippen LogP contribution in [0.15, 0.2) is 47.7 Å². The summed E-state index contributed by atoms with van der Waals surface area (Å²) in [6, 6.07) is 10.4. The Bertz CT molecular complexity index is 1100. The molecule has 1 aliphatic rings. The number of nitrogens with zero attached hydrogens (tertiary/aromatic N) is 6. The lowest BCUT2D eigenvalue weighted by Crippen LogP contribution is -2.36. The van der Waals surface area contributed by atoms with Gasteiger partial charge < -0.3 is 9.64 Å². The number of nitro benzene ring substituents is 1. The molecule has 11 heteroatoms. The van der Waals surface area contributed by atoms with Crippen molar-refractivity contribution in [3.05, 3.63) is 63.0 Å². The molecule has 148 valence electrons. The van der Waals surface area contributed by atoms with Crippen molar-refractivity contribution in [2.24, 2.45) is 5.10 Å². The van der Waals surface area contributed by atoms with Gasteiger partial charge in [0.25, 0.3) is 5.69 Å². The van der Waals surface area contributed by atoms with E-state index in [1.165, 1.54) is 17.0 Å².